The number of anilines is 1. The van der Waals surface area contributed by atoms with Crippen molar-refractivity contribution in [3.8, 4) is 0 Å². The Kier molecular flexibility index (Phi) is 5.42. The fraction of sp³-hybridized carbons (Fsp3) is 0.450. The summed E-state index contributed by atoms with van der Waals surface area (Å²) in [6, 6.07) is 5.87. The third-order valence-electron chi connectivity index (χ3n) is 4.71. The van der Waals surface area contributed by atoms with Gasteiger partial charge in [-0.1, -0.05) is 43.3 Å². The van der Waals surface area contributed by atoms with E-state index in [0.717, 1.165) is 16.8 Å². The number of carbonyl (C=O) groups is 1. The summed E-state index contributed by atoms with van der Waals surface area (Å²) in [7, 11) is 1.96. The number of nitrogens with one attached hydrogen (secondary N) is 2. The summed E-state index contributed by atoms with van der Waals surface area (Å²) in [4.78, 5) is 21.1. The first-order valence-electron chi connectivity index (χ1n) is 9.81. The molecule has 30 heavy (non-hydrogen) atoms. The number of fused-ring (bicyclic) bond motifs is 1. The molecular formula is C20H25N7O2S. The van der Waals surface area contributed by atoms with Gasteiger partial charge in [0.25, 0.3) is 0 Å². The number of urea groups is 1. The molecule has 10 heteroatoms. The molecule has 1 atom stereocenters. The minimum absolute atomic E-state index is 0.191. The van der Waals surface area contributed by atoms with Gasteiger partial charge in [0, 0.05) is 44.1 Å². The lowest BCUT2D eigenvalue weighted by Crippen LogP contribution is -2.30. The minimum Gasteiger partial charge on any atom is -0.339 e. The Morgan fingerprint density at radius 3 is 2.87 bits per heavy atom. The summed E-state index contributed by atoms with van der Waals surface area (Å²) >= 11 is 1.45. The van der Waals surface area contributed by atoms with Crippen LogP contribution in [-0.2, 0) is 11.8 Å². The zero-order valence-corrected chi connectivity index (χ0v) is 18.3. The molecule has 2 amide bonds. The van der Waals surface area contributed by atoms with Crippen LogP contribution in [0.1, 0.15) is 44.0 Å². The van der Waals surface area contributed by atoms with Gasteiger partial charge in [0.15, 0.2) is 11.0 Å². The normalized spacial score (nSPS) is 16.4. The smallest absolute Gasteiger partial charge is 0.321 e. The monoisotopic (exact) mass is 427 g/mol. The van der Waals surface area contributed by atoms with E-state index in [1.54, 1.807) is 0 Å². The highest BCUT2D eigenvalue weighted by molar-refractivity contribution is 7.22. The van der Waals surface area contributed by atoms with Crippen LogP contribution in [0.15, 0.2) is 27.8 Å². The Morgan fingerprint density at radius 2 is 2.17 bits per heavy atom. The first kappa shape index (κ1) is 20.3. The third kappa shape index (κ3) is 4.59. The second-order valence-electron chi connectivity index (χ2n) is 8.35. The molecule has 3 aromatic rings. The van der Waals surface area contributed by atoms with E-state index in [1.807, 2.05) is 45.1 Å². The Morgan fingerprint density at radius 1 is 1.33 bits per heavy atom. The number of thiazole rings is 1. The summed E-state index contributed by atoms with van der Waals surface area (Å²) in [5.41, 5.74) is 1.87. The molecule has 0 spiro atoms. The third-order valence-corrected chi connectivity index (χ3v) is 5.64. The lowest BCUT2D eigenvalue weighted by molar-refractivity contribution is 0.252. The highest BCUT2D eigenvalue weighted by Crippen LogP contribution is 2.30. The highest BCUT2D eigenvalue weighted by atomic mass is 32.1. The van der Waals surface area contributed by atoms with Crippen LogP contribution in [0.2, 0.25) is 0 Å². The molecule has 0 bridgehead atoms. The van der Waals surface area contributed by atoms with Gasteiger partial charge in [0.1, 0.15) is 0 Å². The Labute approximate surface area is 178 Å². The molecule has 1 aliphatic heterocycles. The fourth-order valence-corrected chi connectivity index (χ4v) is 3.99. The largest absolute Gasteiger partial charge is 0.339 e. The van der Waals surface area contributed by atoms with Gasteiger partial charge in [0.2, 0.25) is 5.89 Å². The quantitative estimate of drug-likeness (QED) is 0.646. The van der Waals surface area contributed by atoms with E-state index in [0.29, 0.717) is 29.8 Å². The molecule has 2 N–H and O–H groups in total. The predicted octanol–water partition coefficient (Wildman–Crippen LogP) is 3.36. The Balaban J connectivity index is 1.32. The molecule has 0 aliphatic carbocycles. The molecule has 0 radical (unpaired) electrons. The van der Waals surface area contributed by atoms with Crippen LogP contribution in [0.5, 0.6) is 0 Å². The molecule has 1 unspecified atom stereocenters. The number of benzene rings is 1. The van der Waals surface area contributed by atoms with Crippen molar-refractivity contribution in [2.45, 2.75) is 38.5 Å². The van der Waals surface area contributed by atoms with Gasteiger partial charge in [-0.05, 0) is 17.7 Å². The summed E-state index contributed by atoms with van der Waals surface area (Å²) < 4.78 is 6.29. The van der Waals surface area contributed by atoms with E-state index in [2.05, 4.69) is 43.0 Å². The number of rotatable bonds is 5. The molecule has 158 valence electrons. The van der Waals surface area contributed by atoms with Crippen molar-refractivity contribution in [3.05, 3.63) is 35.5 Å². The van der Waals surface area contributed by atoms with E-state index in [1.165, 1.54) is 16.9 Å². The van der Waals surface area contributed by atoms with Gasteiger partial charge < -0.3 is 9.84 Å². The van der Waals surface area contributed by atoms with Crippen LogP contribution in [0.4, 0.5) is 9.93 Å². The van der Waals surface area contributed by atoms with Crippen molar-refractivity contribution in [1.29, 1.82) is 0 Å². The van der Waals surface area contributed by atoms with Gasteiger partial charge >= 0.3 is 6.03 Å². The van der Waals surface area contributed by atoms with Crippen molar-refractivity contribution < 1.29 is 9.32 Å². The maximum Gasteiger partial charge on any atom is 0.321 e. The van der Waals surface area contributed by atoms with E-state index in [4.69, 9.17) is 4.52 Å². The van der Waals surface area contributed by atoms with E-state index >= 15 is 0 Å². The molecule has 3 heterocycles. The van der Waals surface area contributed by atoms with Crippen molar-refractivity contribution in [2.24, 2.45) is 5.10 Å². The topological polar surface area (TPSA) is 109 Å². The van der Waals surface area contributed by atoms with Crippen LogP contribution in [-0.4, -0.2) is 52.5 Å². The molecular weight excluding hydrogens is 402 g/mol. The van der Waals surface area contributed by atoms with Gasteiger partial charge in [-0.15, -0.1) is 0 Å². The number of hydrazone groups is 1. The fourth-order valence-electron chi connectivity index (χ4n) is 3.08. The maximum atomic E-state index is 12.2. The molecule has 0 saturated heterocycles. The SMILES string of the molecule is CN1CC(c2ccc3nc(NC(=O)NCCc4noc(C(C)(C)C)n4)sc3c2)C=N1. The molecule has 9 nitrogen and oxygen atoms in total. The molecule has 1 aromatic carbocycles. The van der Waals surface area contributed by atoms with Gasteiger partial charge in [-0.3, -0.25) is 10.3 Å². The zero-order valence-electron chi connectivity index (χ0n) is 17.5. The summed E-state index contributed by atoms with van der Waals surface area (Å²) in [5.74, 6) is 1.45. The number of aromatic nitrogens is 3. The van der Waals surface area contributed by atoms with Gasteiger partial charge in [-0.25, -0.2) is 9.78 Å². The van der Waals surface area contributed by atoms with Crippen LogP contribution >= 0.6 is 11.3 Å². The molecule has 0 saturated carbocycles. The van der Waals surface area contributed by atoms with Crippen molar-refractivity contribution in [1.82, 2.24) is 25.5 Å². The zero-order chi connectivity index (χ0) is 21.3. The minimum atomic E-state index is -0.307. The van der Waals surface area contributed by atoms with Crippen LogP contribution in [0.3, 0.4) is 0 Å². The van der Waals surface area contributed by atoms with Crippen molar-refractivity contribution in [3.63, 3.8) is 0 Å². The number of carbonyl (C=O) groups excluding carboxylic acids is 1. The molecule has 1 aliphatic rings. The van der Waals surface area contributed by atoms with E-state index in [-0.39, 0.29) is 17.4 Å². The number of nitrogens with zero attached hydrogens (tertiary/aromatic N) is 5. The number of hydrogen-bond donors (Lipinski definition) is 2. The number of hydrogen-bond acceptors (Lipinski definition) is 8. The average Bonchev–Trinajstić information content (AvgIpc) is 3.39. The van der Waals surface area contributed by atoms with Gasteiger partial charge in [0.05, 0.1) is 10.2 Å². The lowest BCUT2D eigenvalue weighted by atomic mass is 9.97. The predicted molar refractivity (Wildman–Crippen MR) is 117 cm³/mol. The Bertz CT molecular complexity index is 1080. The van der Waals surface area contributed by atoms with Gasteiger partial charge in [-0.2, -0.15) is 10.1 Å². The summed E-state index contributed by atoms with van der Waals surface area (Å²) in [5, 5.41) is 16.4. The number of amides is 2. The van der Waals surface area contributed by atoms with Crippen molar-refractivity contribution >= 4 is 38.9 Å². The second kappa shape index (κ2) is 8.02. The lowest BCUT2D eigenvalue weighted by Gasteiger charge is -2.10. The van der Waals surface area contributed by atoms with Crippen molar-refractivity contribution in [2.75, 3.05) is 25.5 Å². The van der Waals surface area contributed by atoms with E-state index < -0.39 is 0 Å². The summed E-state index contributed by atoms with van der Waals surface area (Å²) in [6.07, 6.45) is 2.45. The van der Waals surface area contributed by atoms with Crippen LogP contribution in [0.25, 0.3) is 10.2 Å². The molecule has 2 aromatic heterocycles. The van der Waals surface area contributed by atoms with E-state index in [9.17, 15) is 4.79 Å². The standard InChI is InChI=1S/C20H25N7O2S/c1-20(2,3)17-24-16(26-29-17)7-8-21-18(28)25-19-23-14-6-5-12(9-15(14)30-19)13-10-22-27(4)11-13/h5-6,9-10,13H,7-8,11H2,1-4H3,(H2,21,23,25,28). The van der Waals surface area contributed by atoms with Crippen LogP contribution < -0.4 is 10.6 Å². The second-order valence-corrected chi connectivity index (χ2v) is 9.38. The molecule has 0 fully saturated rings. The maximum absolute atomic E-state index is 12.2. The highest BCUT2D eigenvalue weighted by Gasteiger charge is 2.21. The number of likely N-dealkylation sites (N-methyl/N-ethyl adjacent to an activating group) is 1. The van der Waals surface area contributed by atoms with Crippen LogP contribution in [0, 0.1) is 0 Å². The average molecular weight is 428 g/mol. The first-order valence-corrected chi connectivity index (χ1v) is 10.6. The Hall–Kier alpha value is -3.01. The summed E-state index contributed by atoms with van der Waals surface area (Å²) in [6.45, 7) is 7.30. The molecule has 4 rings (SSSR count). The first-order chi connectivity index (χ1) is 14.3.